The molecule has 6 nitrogen and oxygen atoms in total. The molecule has 1 fully saturated rings. The highest BCUT2D eigenvalue weighted by Gasteiger charge is 2.27. The molecule has 0 aliphatic carbocycles. The van der Waals surface area contributed by atoms with E-state index in [1.807, 2.05) is 6.92 Å². The van der Waals surface area contributed by atoms with Gasteiger partial charge in [-0.3, -0.25) is 4.79 Å². The van der Waals surface area contributed by atoms with Crippen molar-refractivity contribution >= 4 is 27.5 Å². The van der Waals surface area contributed by atoms with E-state index in [2.05, 4.69) is 5.32 Å². The van der Waals surface area contributed by atoms with Crippen LogP contribution in [-0.4, -0.2) is 33.1 Å². The van der Waals surface area contributed by atoms with Crippen LogP contribution in [0.4, 0.5) is 0 Å². The molecule has 0 aromatic heterocycles. The van der Waals surface area contributed by atoms with E-state index >= 15 is 0 Å². The van der Waals surface area contributed by atoms with Crippen LogP contribution in [0.25, 0.3) is 0 Å². The van der Waals surface area contributed by atoms with Crippen LogP contribution < -0.4 is 10.5 Å². The van der Waals surface area contributed by atoms with Gasteiger partial charge in [-0.05, 0) is 38.0 Å². The number of hydrogen-bond donors (Lipinski definition) is 2. The van der Waals surface area contributed by atoms with Crippen molar-refractivity contribution < 1.29 is 17.9 Å². The van der Waals surface area contributed by atoms with E-state index in [9.17, 15) is 13.2 Å². The number of nitrogens with two attached hydrogens (primary N) is 1. The van der Waals surface area contributed by atoms with Gasteiger partial charge in [0, 0.05) is 17.2 Å². The molecule has 21 heavy (non-hydrogen) atoms. The lowest BCUT2D eigenvalue weighted by atomic mass is 10.1. The molecule has 1 saturated heterocycles. The molecule has 0 spiro atoms. The quantitative estimate of drug-likeness (QED) is 0.869. The second-order valence-corrected chi connectivity index (χ2v) is 7.03. The number of benzene rings is 1. The zero-order valence-corrected chi connectivity index (χ0v) is 13.3. The monoisotopic (exact) mass is 332 g/mol. The maximum Gasteiger partial charge on any atom is 0.251 e. The van der Waals surface area contributed by atoms with Crippen molar-refractivity contribution in [3.8, 4) is 0 Å². The van der Waals surface area contributed by atoms with Crippen LogP contribution in [0.1, 0.15) is 29.3 Å². The second kappa shape index (κ2) is 5.92. The molecule has 1 aromatic rings. The molecule has 3 N–H and O–H groups in total. The lowest BCUT2D eigenvalue weighted by Gasteiger charge is -2.17. The molecule has 1 aliphatic rings. The first kappa shape index (κ1) is 16.2. The minimum Gasteiger partial charge on any atom is -0.376 e. The summed E-state index contributed by atoms with van der Waals surface area (Å²) in [6.45, 7) is 3.99. The fourth-order valence-corrected chi connectivity index (χ4v) is 3.46. The Labute approximate surface area is 128 Å². The standard InChI is InChI=1S/C13H17ClN2O4S/c1-7-10(5-9(14)6-12(7)21(15,18)19)13(17)16-11-3-4-20-8(11)2/h5-6,8,11H,3-4H2,1-2H3,(H,16,17)(H2,15,18,19). The Kier molecular flexibility index (Phi) is 4.57. The third-order valence-corrected chi connectivity index (χ3v) is 4.82. The average molecular weight is 333 g/mol. The SMILES string of the molecule is Cc1c(C(=O)NC2CCOC2C)cc(Cl)cc1S(N)(=O)=O. The highest BCUT2D eigenvalue weighted by Crippen LogP contribution is 2.24. The lowest BCUT2D eigenvalue weighted by molar-refractivity contribution is 0.0865. The van der Waals surface area contributed by atoms with E-state index in [1.54, 1.807) is 0 Å². The molecular formula is C13H17ClN2O4S. The summed E-state index contributed by atoms with van der Waals surface area (Å²) in [5.41, 5.74) is 0.483. The zero-order valence-electron chi connectivity index (χ0n) is 11.7. The third-order valence-electron chi connectivity index (χ3n) is 3.57. The highest BCUT2D eigenvalue weighted by atomic mass is 35.5. The Morgan fingerprint density at radius 1 is 1.48 bits per heavy atom. The Morgan fingerprint density at radius 2 is 2.14 bits per heavy atom. The van der Waals surface area contributed by atoms with Crippen molar-refractivity contribution in [3.05, 3.63) is 28.3 Å². The Hall–Kier alpha value is -1.15. The fourth-order valence-electron chi connectivity index (χ4n) is 2.35. The molecule has 1 aromatic carbocycles. The first-order valence-corrected chi connectivity index (χ1v) is 8.38. The molecule has 0 bridgehead atoms. The predicted molar refractivity (Wildman–Crippen MR) is 78.8 cm³/mol. The number of primary sulfonamides is 1. The molecule has 116 valence electrons. The number of amides is 1. The van der Waals surface area contributed by atoms with Crippen molar-refractivity contribution in [3.63, 3.8) is 0 Å². The molecule has 8 heteroatoms. The molecule has 1 heterocycles. The first-order chi connectivity index (χ1) is 9.70. The average Bonchev–Trinajstić information content (AvgIpc) is 2.76. The van der Waals surface area contributed by atoms with Crippen molar-refractivity contribution in [2.45, 2.75) is 37.3 Å². The molecule has 2 atom stereocenters. The molecule has 2 rings (SSSR count). The van der Waals surface area contributed by atoms with Gasteiger partial charge in [-0.15, -0.1) is 0 Å². The van der Waals surface area contributed by atoms with Crippen LogP contribution in [0, 0.1) is 6.92 Å². The zero-order chi connectivity index (χ0) is 15.8. The van der Waals surface area contributed by atoms with Crippen LogP contribution in [0.2, 0.25) is 5.02 Å². The normalized spacial score (nSPS) is 22.3. The predicted octanol–water partition coefficient (Wildman–Crippen LogP) is 1.20. The number of sulfonamides is 1. The van der Waals surface area contributed by atoms with Crippen LogP contribution in [0.3, 0.4) is 0 Å². The maximum absolute atomic E-state index is 12.3. The van der Waals surface area contributed by atoms with Gasteiger partial charge in [-0.1, -0.05) is 11.6 Å². The molecule has 1 amide bonds. The Balaban J connectivity index is 2.35. The largest absolute Gasteiger partial charge is 0.376 e. The third kappa shape index (κ3) is 3.55. The number of carbonyl (C=O) groups excluding carboxylic acids is 1. The summed E-state index contributed by atoms with van der Waals surface area (Å²) in [6, 6.07) is 2.57. The van der Waals surface area contributed by atoms with E-state index in [0.29, 0.717) is 13.0 Å². The van der Waals surface area contributed by atoms with Gasteiger partial charge in [0.2, 0.25) is 10.0 Å². The summed E-state index contributed by atoms with van der Waals surface area (Å²) < 4.78 is 28.5. The van der Waals surface area contributed by atoms with Crippen LogP contribution in [-0.2, 0) is 14.8 Å². The van der Waals surface area contributed by atoms with Gasteiger partial charge in [0.15, 0.2) is 0 Å². The fraction of sp³-hybridized carbons (Fsp3) is 0.462. The van der Waals surface area contributed by atoms with E-state index in [-0.39, 0.29) is 39.1 Å². The number of carbonyl (C=O) groups is 1. The van der Waals surface area contributed by atoms with Gasteiger partial charge in [0.1, 0.15) is 0 Å². The molecule has 1 aliphatic heterocycles. The molecule has 2 unspecified atom stereocenters. The summed E-state index contributed by atoms with van der Waals surface area (Å²) >= 11 is 5.89. The van der Waals surface area contributed by atoms with Gasteiger partial charge in [0.25, 0.3) is 5.91 Å². The number of rotatable bonds is 3. The number of ether oxygens (including phenoxy) is 1. The van der Waals surface area contributed by atoms with Crippen LogP contribution in [0.15, 0.2) is 17.0 Å². The van der Waals surface area contributed by atoms with Crippen molar-refractivity contribution in [1.82, 2.24) is 5.32 Å². The molecule has 0 saturated carbocycles. The van der Waals surface area contributed by atoms with Gasteiger partial charge in [0.05, 0.1) is 17.0 Å². The summed E-state index contributed by atoms with van der Waals surface area (Å²) in [4.78, 5) is 12.2. The number of halogens is 1. The minimum atomic E-state index is -3.94. The Morgan fingerprint density at radius 3 is 2.67 bits per heavy atom. The van der Waals surface area contributed by atoms with E-state index < -0.39 is 10.0 Å². The Bertz CT molecular complexity index is 675. The van der Waals surface area contributed by atoms with Crippen LogP contribution in [0.5, 0.6) is 0 Å². The minimum absolute atomic E-state index is 0.0776. The first-order valence-electron chi connectivity index (χ1n) is 6.45. The van der Waals surface area contributed by atoms with E-state index in [1.165, 1.54) is 19.1 Å². The van der Waals surface area contributed by atoms with E-state index in [0.717, 1.165) is 0 Å². The summed E-state index contributed by atoms with van der Waals surface area (Å²) in [6.07, 6.45) is 0.639. The smallest absolute Gasteiger partial charge is 0.251 e. The van der Waals surface area contributed by atoms with Gasteiger partial charge >= 0.3 is 0 Å². The summed E-state index contributed by atoms with van der Waals surface area (Å²) in [7, 11) is -3.94. The summed E-state index contributed by atoms with van der Waals surface area (Å²) in [5, 5.41) is 8.12. The topological polar surface area (TPSA) is 98.5 Å². The van der Waals surface area contributed by atoms with Crippen molar-refractivity contribution in [1.29, 1.82) is 0 Å². The van der Waals surface area contributed by atoms with Gasteiger partial charge in [-0.2, -0.15) is 0 Å². The van der Waals surface area contributed by atoms with Gasteiger partial charge in [-0.25, -0.2) is 13.6 Å². The van der Waals surface area contributed by atoms with Crippen molar-refractivity contribution in [2.24, 2.45) is 5.14 Å². The molecular weight excluding hydrogens is 316 g/mol. The van der Waals surface area contributed by atoms with Crippen LogP contribution >= 0.6 is 11.6 Å². The number of hydrogen-bond acceptors (Lipinski definition) is 4. The lowest BCUT2D eigenvalue weighted by Crippen LogP contribution is -2.39. The summed E-state index contributed by atoms with van der Waals surface area (Å²) in [5.74, 6) is -0.387. The van der Waals surface area contributed by atoms with Crippen molar-refractivity contribution in [2.75, 3.05) is 6.61 Å². The highest BCUT2D eigenvalue weighted by molar-refractivity contribution is 7.89. The number of nitrogens with one attached hydrogen (secondary N) is 1. The van der Waals surface area contributed by atoms with E-state index in [4.69, 9.17) is 21.5 Å². The van der Waals surface area contributed by atoms with Gasteiger partial charge < -0.3 is 10.1 Å². The maximum atomic E-state index is 12.3. The molecule has 0 radical (unpaired) electrons. The second-order valence-electron chi connectivity index (χ2n) is 5.07.